The van der Waals surface area contributed by atoms with Crippen molar-refractivity contribution < 1.29 is 13.2 Å². The lowest BCUT2D eigenvalue weighted by Gasteiger charge is -2.24. The second-order valence-electron chi connectivity index (χ2n) is 7.47. The van der Waals surface area contributed by atoms with Crippen LogP contribution in [0.25, 0.3) is 0 Å². The summed E-state index contributed by atoms with van der Waals surface area (Å²) < 4.78 is 33.8. The highest BCUT2D eigenvalue weighted by atomic mass is 32.2. The van der Waals surface area contributed by atoms with E-state index in [4.69, 9.17) is 4.74 Å². The summed E-state index contributed by atoms with van der Waals surface area (Å²) in [7, 11) is -1.98. The summed E-state index contributed by atoms with van der Waals surface area (Å²) >= 11 is 0. The molecular weight excluding hydrogens is 372 g/mol. The van der Waals surface area contributed by atoms with Gasteiger partial charge in [0.1, 0.15) is 5.75 Å². The van der Waals surface area contributed by atoms with Gasteiger partial charge in [-0.05, 0) is 62.2 Å². The quantitative estimate of drug-likeness (QED) is 0.594. The largest absolute Gasteiger partial charge is 0.497 e. The van der Waals surface area contributed by atoms with Crippen LogP contribution in [0.15, 0.2) is 58.4 Å². The van der Waals surface area contributed by atoms with Gasteiger partial charge >= 0.3 is 0 Å². The summed E-state index contributed by atoms with van der Waals surface area (Å²) in [6.07, 6.45) is 1.26. The van der Waals surface area contributed by atoms with Crippen LogP contribution >= 0.6 is 0 Å². The number of nitrogens with zero attached hydrogens (tertiary/aromatic N) is 1. The summed E-state index contributed by atoms with van der Waals surface area (Å²) in [5.41, 5.74) is 2.01. The third-order valence-electron chi connectivity index (χ3n) is 4.64. The number of benzene rings is 2. The van der Waals surface area contributed by atoms with E-state index in [1.165, 1.54) is 0 Å². The van der Waals surface area contributed by atoms with Gasteiger partial charge in [-0.25, -0.2) is 13.1 Å². The highest BCUT2D eigenvalue weighted by Gasteiger charge is 2.24. The van der Waals surface area contributed by atoms with E-state index in [2.05, 4.69) is 30.3 Å². The van der Waals surface area contributed by atoms with Crippen LogP contribution in [0.1, 0.15) is 43.9 Å². The van der Waals surface area contributed by atoms with E-state index < -0.39 is 10.0 Å². The van der Waals surface area contributed by atoms with Crippen LogP contribution in [0.2, 0.25) is 0 Å². The molecule has 0 saturated carbocycles. The van der Waals surface area contributed by atoms with Crippen molar-refractivity contribution in [1.82, 2.24) is 4.72 Å². The molecule has 0 bridgehead atoms. The third kappa shape index (κ3) is 6.17. The molecule has 0 saturated heterocycles. The molecule has 0 aliphatic rings. The van der Waals surface area contributed by atoms with Crippen LogP contribution in [0.5, 0.6) is 5.75 Å². The minimum atomic E-state index is -3.60. The highest BCUT2D eigenvalue weighted by molar-refractivity contribution is 7.89. The lowest BCUT2D eigenvalue weighted by Crippen LogP contribution is -2.36. The number of nitrogens with one attached hydrogen (secondary N) is 1. The Morgan fingerprint density at radius 2 is 1.64 bits per heavy atom. The number of sulfonamides is 1. The molecule has 1 N–H and O–H groups in total. The van der Waals surface area contributed by atoms with Gasteiger partial charge in [0, 0.05) is 6.04 Å². The predicted octanol–water partition coefficient (Wildman–Crippen LogP) is 4.53. The summed E-state index contributed by atoms with van der Waals surface area (Å²) in [6.45, 7) is 9.81. The van der Waals surface area contributed by atoms with E-state index in [1.807, 2.05) is 31.2 Å². The van der Waals surface area contributed by atoms with Gasteiger partial charge in [-0.15, -0.1) is 0 Å². The lowest BCUT2D eigenvalue weighted by atomic mass is 9.95. The first-order chi connectivity index (χ1) is 13.2. The van der Waals surface area contributed by atoms with Gasteiger partial charge in [-0.1, -0.05) is 43.7 Å². The minimum absolute atomic E-state index is 0.199. The molecule has 152 valence electrons. The first kappa shape index (κ1) is 22.1. The number of hydrogen-bond donors (Lipinski definition) is 1. The van der Waals surface area contributed by atoms with Gasteiger partial charge in [-0.3, -0.25) is 4.99 Å². The summed E-state index contributed by atoms with van der Waals surface area (Å²) in [4.78, 5) is 4.53. The molecule has 2 atom stereocenters. The maximum Gasteiger partial charge on any atom is 0.240 e. The number of rotatable bonds is 10. The monoisotopic (exact) mass is 402 g/mol. The maximum atomic E-state index is 12.9. The molecule has 2 aromatic rings. The fraction of sp³-hybridized carbons (Fsp3) is 0.409. The molecule has 0 aliphatic heterocycles. The summed E-state index contributed by atoms with van der Waals surface area (Å²) in [6, 6.07) is 14.1. The smallest absolute Gasteiger partial charge is 0.240 e. The topological polar surface area (TPSA) is 67.8 Å². The molecule has 2 aromatic carbocycles. The Kier molecular flexibility index (Phi) is 7.78. The Balaban J connectivity index is 2.21. The Hall–Kier alpha value is -2.18. The van der Waals surface area contributed by atoms with E-state index in [1.54, 1.807) is 31.4 Å². The number of aliphatic imine (C=N–C) groups is 1. The SMILES string of the molecule is C=N[C@@H](C[C@H](CC(C)C)NS(=O)(=O)c1ccc(C)cc1)c1ccc(OC)cc1. The maximum absolute atomic E-state index is 12.9. The Morgan fingerprint density at radius 1 is 1.04 bits per heavy atom. The Bertz CT molecular complexity index is 860. The van der Waals surface area contributed by atoms with Crippen molar-refractivity contribution in [2.24, 2.45) is 10.9 Å². The first-order valence-corrected chi connectivity index (χ1v) is 10.9. The van der Waals surface area contributed by atoms with Gasteiger partial charge in [0.2, 0.25) is 10.0 Å². The van der Waals surface area contributed by atoms with E-state index in [0.29, 0.717) is 18.8 Å². The fourth-order valence-corrected chi connectivity index (χ4v) is 4.44. The van der Waals surface area contributed by atoms with Crippen molar-refractivity contribution in [2.45, 2.75) is 50.6 Å². The number of aryl methyl sites for hydroxylation is 1. The van der Waals surface area contributed by atoms with Gasteiger partial charge in [-0.2, -0.15) is 0 Å². The predicted molar refractivity (Wildman–Crippen MR) is 115 cm³/mol. The standard InChI is InChI=1S/C22H30N2O3S/c1-16(2)14-19(24-28(25,26)21-12-6-17(3)7-13-21)15-22(23-4)18-8-10-20(27-5)11-9-18/h6-13,16,19,22,24H,4,14-15H2,1-3,5H3/t19-,22-/m0/s1. The zero-order chi connectivity index (χ0) is 20.7. The summed E-state index contributed by atoms with van der Waals surface area (Å²) in [5.74, 6) is 1.11. The second kappa shape index (κ2) is 9.85. The van der Waals surface area contributed by atoms with E-state index in [9.17, 15) is 8.42 Å². The molecule has 0 unspecified atom stereocenters. The number of hydrogen-bond acceptors (Lipinski definition) is 4. The molecule has 0 radical (unpaired) electrons. The molecule has 0 aliphatic carbocycles. The zero-order valence-corrected chi connectivity index (χ0v) is 17.9. The molecule has 0 heterocycles. The van der Waals surface area contributed by atoms with Crippen molar-refractivity contribution >= 4 is 16.7 Å². The Morgan fingerprint density at radius 3 is 2.14 bits per heavy atom. The van der Waals surface area contributed by atoms with E-state index in [0.717, 1.165) is 16.9 Å². The van der Waals surface area contributed by atoms with Gasteiger partial charge in [0.25, 0.3) is 0 Å². The van der Waals surface area contributed by atoms with E-state index in [-0.39, 0.29) is 17.0 Å². The van der Waals surface area contributed by atoms with Gasteiger partial charge in [0.05, 0.1) is 18.0 Å². The lowest BCUT2D eigenvalue weighted by molar-refractivity contribution is 0.411. The van der Waals surface area contributed by atoms with Gasteiger partial charge in [0.15, 0.2) is 0 Å². The fourth-order valence-electron chi connectivity index (χ4n) is 3.18. The molecule has 2 rings (SSSR count). The van der Waals surface area contributed by atoms with E-state index >= 15 is 0 Å². The molecule has 0 fully saturated rings. The molecule has 28 heavy (non-hydrogen) atoms. The van der Waals surface area contributed by atoms with Crippen molar-refractivity contribution in [2.75, 3.05) is 7.11 Å². The Labute approximate surface area is 168 Å². The molecular formula is C22H30N2O3S. The second-order valence-corrected chi connectivity index (χ2v) is 9.18. The highest BCUT2D eigenvalue weighted by Crippen LogP contribution is 2.27. The van der Waals surface area contributed by atoms with Crippen LogP contribution < -0.4 is 9.46 Å². The first-order valence-electron chi connectivity index (χ1n) is 9.44. The third-order valence-corrected chi connectivity index (χ3v) is 6.17. The van der Waals surface area contributed by atoms with Crippen LogP contribution in [-0.4, -0.2) is 28.3 Å². The normalized spacial score (nSPS) is 13.9. The molecule has 0 spiro atoms. The average Bonchev–Trinajstić information content (AvgIpc) is 2.65. The molecule has 5 nitrogen and oxygen atoms in total. The van der Waals surface area contributed by atoms with Crippen molar-refractivity contribution in [3.8, 4) is 5.75 Å². The van der Waals surface area contributed by atoms with Gasteiger partial charge < -0.3 is 4.74 Å². The summed E-state index contributed by atoms with van der Waals surface area (Å²) in [5, 5.41) is 0. The number of methoxy groups -OCH3 is 1. The molecule has 6 heteroatoms. The van der Waals surface area contributed by atoms with Crippen LogP contribution in [0.3, 0.4) is 0 Å². The molecule has 0 amide bonds. The van der Waals surface area contributed by atoms with Crippen molar-refractivity contribution in [1.29, 1.82) is 0 Å². The van der Waals surface area contributed by atoms with Crippen LogP contribution in [-0.2, 0) is 10.0 Å². The average molecular weight is 403 g/mol. The van der Waals surface area contributed by atoms with Crippen molar-refractivity contribution in [3.05, 3.63) is 59.7 Å². The van der Waals surface area contributed by atoms with Crippen LogP contribution in [0.4, 0.5) is 0 Å². The minimum Gasteiger partial charge on any atom is -0.497 e. The molecule has 0 aromatic heterocycles. The van der Waals surface area contributed by atoms with Crippen LogP contribution in [0, 0.1) is 12.8 Å². The van der Waals surface area contributed by atoms with Crippen molar-refractivity contribution in [3.63, 3.8) is 0 Å². The zero-order valence-electron chi connectivity index (χ0n) is 17.1. The number of ether oxygens (including phenoxy) is 1.